The van der Waals surface area contributed by atoms with E-state index in [0.717, 1.165) is 47.8 Å². The Hall–Kier alpha value is -3.21. The molecule has 166 valence electrons. The smallest absolute Gasteiger partial charge is 0.339 e. The average molecular weight is 431 g/mol. The van der Waals surface area contributed by atoms with Crippen LogP contribution < -0.4 is 5.32 Å². The van der Waals surface area contributed by atoms with Gasteiger partial charge in [0.25, 0.3) is 5.91 Å². The van der Waals surface area contributed by atoms with Gasteiger partial charge in [0.05, 0.1) is 11.1 Å². The number of para-hydroxylation sites is 2. The minimum absolute atomic E-state index is 0.181. The van der Waals surface area contributed by atoms with Gasteiger partial charge in [-0.1, -0.05) is 63.6 Å². The highest BCUT2D eigenvalue weighted by Crippen LogP contribution is 2.41. The first-order chi connectivity index (χ1) is 15.4. The predicted octanol–water partition coefficient (Wildman–Crippen LogP) is 5.57. The Morgan fingerprint density at radius 3 is 2.56 bits per heavy atom. The van der Waals surface area contributed by atoms with Gasteiger partial charge in [-0.05, 0) is 54.4 Å². The topological polar surface area (TPSA) is 68.3 Å². The number of esters is 1. The van der Waals surface area contributed by atoms with Gasteiger partial charge >= 0.3 is 5.97 Å². The Kier molecular flexibility index (Phi) is 6.26. The number of fused-ring (bicyclic) bond motifs is 2. The summed E-state index contributed by atoms with van der Waals surface area (Å²) in [5, 5.41) is 3.54. The minimum Gasteiger partial charge on any atom is -0.452 e. The van der Waals surface area contributed by atoms with E-state index in [1.807, 2.05) is 42.5 Å². The Morgan fingerprint density at radius 1 is 1.09 bits per heavy atom. The lowest BCUT2D eigenvalue weighted by molar-refractivity contribution is -0.119. The highest BCUT2D eigenvalue weighted by molar-refractivity contribution is 6.06. The van der Waals surface area contributed by atoms with Gasteiger partial charge in [0.1, 0.15) is 0 Å². The summed E-state index contributed by atoms with van der Waals surface area (Å²) in [5.41, 5.74) is 4.17. The molecule has 1 aliphatic rings. The second kappa shape index (κ2) is 9.11. The van der Waals surface area contributed by atoms with E-state index in [4.69, 9.17) is 9.72 Å². The summed E-state index contributed by atoms with van der Waals surface area (Å²) in [7, 11) is 0. The molecule has 1 heterocycles. The molecule has 1 atom stereocenters. The molecule has 0 saturated heterocycles. The van der Waals surface area contributed by atoms with E-state index in [0.29, 0.717) is 17.2 Å². The van der Waals surface area contributed by atoms with Gasteiger partial charge in [-0.2, -0.15) is 0 Å². The summed E-state index contributed by atoms with van der Waals surface area (Å²) in [5.74, 6) is -0.351. The minimum atomic E-state index is -0.460. The number of nitrogens with one attached hydrogen (secondary N) is 1. The maximum atomic E-state index is 13.3. The molecule has 1 aliphatic carbocycles. The maximum Gasteiger partial charge on any atom is 0.339 e. The molecule has 1 unspecified atom stereocenters. The van der Waals surface area contributed by atoms with Crippen LogP contribution in [-0.2, 0) is 22.4 Å². The zero-order valence-electron chi connectivity index (χ0n) is 19.0. The van der Waals surface area contributed by atoms with Crippen LogP contribution in [0.5, 0.6) is 0 Å². The molecule has 5 heteroatoms. The van der Waals surface area contributed by atoms with E-state index in [1.165, 1.54) is 0 Å². The summed E-state index contributed by atoms with van der Waals surface area (Å²) in [6.07, 6.45) is 3.79. The van der Waals surface area contributed by atoms with Crippen LogP contribution in [0.3, 0.4) is 0 Å². The molecule has 4 rings (SSSR count). The molecule has 32 heavy (non-hydrogen) atoms. The molecule has 2 aromatic carbocycles. The molecule has 0 radical (unpaired) electrons. The van der Waals surface area contributed by atoms with Gasteiger partial charge in [-0.3, -0.25) is 9.78 Å². The molecule has 0 aliphatic heterocycles. The lowest BCUT2D eigenvalue weighted by Crippen LogP contribution is -2.31. The van der Waals surface area contributed by atoms with Crippen LogP contribution in [-0.4, -0.2) is 23.5 Å². The van der Waals surface area contributed by atoms with Crippen LogP contribution in [0.15, 0.2) is 54.6 Å². The molecular weight excluding hydrogens is 400 g/mol. The van der Waals surface area contributed by atoms with Crippen LogP contribution >= 0.6 is 0 Å². The molecule has 0 saturated carbocycles. The van der Waals surface area contributed by atoms with Gasteiger partial charge in [-0.25, -0.2) is 4.79 Å². The summed E-state index contributed by atoms with van der Waals surface area (Å²) in [6.45, 7) is 6.48. The van der Waals surface area contributed by atoms with Crippen molar-refractivity contribution in [3.63, 3.8) is 0 Å². The number of anilines is 1. The van der Waals surface area contributed by atoms with Crippen molar-refractivity contribution in [1.29, 1.82) is 0 Å². The Morgan fingerprint density at radius 2 is 1.81 bits per heavy atom. The summed E-state index contributed by atoms with van der Waals surface area (Å²) in [4.78, 5) is 30.5. The number of aromatic nitrogens is 1. The number of carbonyl (C=O) groups is 2. The Bertz CT molecular complexity index is 1140. The highest BCUT2D eigenvalue weighted by Gasteiger charge is 2.34. The van der Waals surface area contributed by atoms with Crippen molar-refractivity contribution in [2.45, 2.75) is 46.5 Å². The van der Waals surface area contributed by atoms with Gasteiger partial charge in [0, 0.05) is 16.8 Å². The van der Waals surface area contributed by atoms with Gasteiger partial charge in [0.2, 0.25) is 0 Å². The average Bonchev–Trinajstić information content (AvgIpc) is 2.81. The second-order valence-corrected chi connectivity index (χ2v) is 9.20. The van der Waals surface area contributed by atoms with Crippen LogP contribution in [0.25, 0.3) is 10.9 Å². The third kappa shape index (κ3) is 4.52. The number of rotatable bonds is 6. The lowest BCUT2D eigenvalue weighted by atomic mass is 9.68. The fraction of sp³-hybridized carbons (Fsp3) is 0.370. The lowest BCUT2D eigenvalue weighted by Gasteiger charge is -2.37. The number of amides is 1. The highest BCUT2D eigenvalue weighted by atomic mass is 16.5. The van der Waals surface area contributed by atoms with E-state index >= 15 is 0 Å². The number of aryl methyl sites for hydroxylation is 1. The van der Waals surface area contributed by atoms with Gasteiger partial charge < -0.3 is 10.1 Å². The molecule has 1 amide bonds. The quantitative estimate of drug-likeness (QED) is 0.519. The van der Waals surface area contributed by atoms with E-state index in [1.54, 1.807) is 12.1 Å². The zero-order chi connectivity index (χ0) is 22.7. The van der Waals surface area contributed by atoms with Crippen molar-refractivity contribution in [2.75, 3.05) is 11.9 Å². The second-order valence-electron chi connectivity index (χ2n) is 9.20. The van der Waals surface area contributed by atoms with Crippen LogP contribution in [0, 0.1) is 11.3 Å². The van der Waals surface area contributed by atoms with E-state index in [9.17, 15) is 9.59 Å². The number of nitrogens with zero attached hydrogens (tertiary/aromatic N) is 1. The Labute approximate surface area is 189 Å². The van der Waals surface area contributed by atoms with Crippen molar-refractivity contribution >= 4 is 28.5 Å². The summed E-state index contributed by atoms with van der Waals surface area (Å²) >= 11 is 0. The summed E-state index contributed by atoms with van der Waals surface area (Å²) in [6, 6.07) is 16.8. The molecule has 3 aromatic rings. The first kappa shape index (κ1) is 22.0. The first-order valence-electron chi connectivity index (χ1n) is 11.3. The zero-order valence-corrected chi connectivity index (χ0v) is 19.0. The van der Waals surface area contributed by atoms with Crippen LogP contribution in [0.1, 0.15) is 55.2 Å². The number of hydrogen-bond donors (Lipinski definition) is 1. The molecule has 1 aromatic heterocycles. The molecule has 0 fully saturated rings. The van der Waals surface area contributed by atoms with E-state index < -0.39 is 5.97 Å². The molecule has 0 spiro atoms. The van der Waals surface area contributed by atoms with E-state index in [-0.39, 0.29) is 17.9 Å². The third-order valence-electron chi connectivity index (χ3n) is 6.87. The molecule has 1 N–H and O–H groups in total. The van der Waals surface area contributed by atoms with Crippen molar-refractivity contribution in [3.05, 3.63) is 71.4 Å². The van der Waals surface area contributed by atoms with E-state index in [2.05, 4.69) is 26.1 Å². The molecule has 0 bridgehead atoms. The fourth-order valence-corrected chi connectivity index (χ4v) is 4.50. The number of pyridine rings is 1. The first-order valence-corrected chi connectivity index (χ1v) is 11.3. The van der Waals surface area contributed by atoms with Crippen molar-refractivity contribution in [1.82, 2.24) is 4.98 Å². The maximum absolute atomic E-state index is 13.3. The van der Waals surface area contributed by atoms with Gasteiger partial charge in [-0.15, -0.1) is 0 Å². The normalized spacial score (nSPS) is 15.8. The van der Waals surface area contributed by atoms with Crippen molar-refractivity contribution < 1.29 is 14.3 Å². The SMILES string of the molecule is CCC(C)(C)C1CCc2nc3ccccc3c(C(=O)OCC(=O)Nc3ccccc3)c2C1. The number of hydrogen-bond acceptors (Lipinski definition) is 4. The largest absolute Gasteiger partial charge is 0.452 e. The van der Waals surface area contributed by atoms with Gasteiger partial charge in [0.15, 0.2) is 6.61 Å². The third-order valence-corrected chi connectivity index (χ3v) is 6.87. The predicted molar refractivity (Wildman–Crippen MR) is 127 cm³/mol. The number of benzene rings is 2. The van der Waals surface area contributed by atoms with Crippen molar-refractivity contribution in [3.8, 4) is 0 Å². The number of carbonyl (C=O) groups excluding carboxylic acids is 2. The van der Waals surface area contributed by atoms with Crippen LogP contribution in [0.2, 0.25) is 0 Å². The Balaban J connectivity index is 1.61. The van der Waals surface area contributed by atoms with Crippen LogP contribution in [0.4, 0.5) is 5.69 Å². The van der Waals surface area contributed by atoms with Crippen molar-refractivity contribution in [2.24, 2.45) is 11.3 Å². The summed E-state index contributed by atoms with van der Waals surface area (Å²) < 4.78 is 5.50. The standard InChI is InChI=1S/C27H30N2O3/c1-4-27(2,3)18-14-15-23-21(16-18)25(20-12-8-9-13-22(20)29-23)26(31)32-17-24(30)28-19-10-6-5-7-11-19/h5-13,18H,4,14-17H2,1-3H3,(H,28,30). The fourth-order valence-electron chi connectivity index (χ4n) is 4.50. The number of ether oxygens (including phenoxy) is 1. The molecular formula is C27H30N2O3. The monoisotopic (exact) mass is 430 g/mol. The molecule has 5 nitrogen and oxygen atoms in total.